The maximum absolute atomic E-state index is 11.2. The highest BCUT2D eigenvalue weighted by Crippen LogP contribution is 2.15. The van der Waals surface area contributed by atoms with Crippen LogP contribution in [0.2, 0.25) is 0 Å². The number of carboxylic acid groups (broad SMARTS) is 2. The molecule has 2 saturated heterocycles. The van der Waals surface area contributed by atoms with Gasteiger partial charge in [0.15, 0.2) is 0 Å². The molecule has 0 aromatic heterocycles. The van der Waals surface area contributed by atoms with E-state index in [9.17, 15) is 19.2 Å². The van der Waals surface area contributed by atoms with Crippen molar-refractivity contribution in [2.75, 3.05) is 24.6 Å². The first-order valence-electron chi connectivity index (χ1n) is 9.09. The van der Waals surface area contributed by atoms with Crippen molar-refractivity contribution in [1.82, 2.24) is 20.9 Å². The molecule has 2 fully saturated rings. The van der Waals surface area contributed by atoms with Crippen LogP contribution in [-0.2, 0) is 19.2 Å². The Morgan fingerprint density at radius 2 is 1.14 bits per heavy atom. The molecule has 0 bridgehead atoms. The quantitative estimate of drug-likeness (QED) is 0.252. The number of carbonyl (C=O) groups excluding carboxylic acids is 2. The van der Waals surface area contributed by atoms with Crippen LogP contribution in [0.15, 0.2) is 0 Å². The molecule has 0 saturated carbocycles. The molecule has 6 N–H and O–H groups in total. The molecule has 2 aliphatic rings. The normalized spacial score (nSPS) is 21.4. The third-order valence-electron chi connectivity index (χ3n) is 4.29. The summed E-state index contributed by atoms with van der Waals surface area (Å²) in [6.07, 6.45) is 3.42. The SMILES string of the molecule is O.O=C(CCS)NN1CCC[C@H]1C(=O)O.O=C(CCS)NN1CCC[C@H]1C(=O)O. The van der Waals surface area contributed by atoms with E-state index < -0.39 is 24.0 Å². The van der Waals surface area contributed by atoms with E-state index in [-0.39, 0.29) is 17.3 Å². The lowest BCUT2D eigenvalue weighted by atomic mass is 10.2. The zero-order valence-electron chi connectivity index (χ0n) is 16.0. The molecule has 2 amide bonds. The van der Waals surface area contributed by atoms with Gasteiger partial charge in [-0.3, -0.25) is 30.0 Å². The monoisotopic (exact) mass is 454 g/mol. The molecule has 29 heavy (non-hydrogen) atoms. The summed E-state index contributed by atoms with van der Waals surface area (Å²) in [4.78, 5) is 43.8. The highest BCUT2D eigenvalue weighted by atomic mass is 32.1. The van der Waals surface area contributed by atoms with E-state index >= 15 is 0 Å². The first kappa shape index (κ1) is 27.5. The van der Waals surface area contributed by atoms with E-state index in [1.165, 1.54) is 10.0 Å². The van der Waals surface area contributed by atoms with Crippen molar-refractivity contribution in [3.63, 3.8) is 0 Å². The number of aliphatic carboxylic acids is 2. The van der Waals surface area contributed by atoms with Crippen LogP contribution in [0.5, 0.6) is 0 Å². The Balaban J connectivity index is 0.000000523. The van der Waals surface area contributed by atoms with Crippen molar-refractivity contribution in [3.05, 3.63) is 0 Å². The molecule has 0 radical (unpaired) electrons. The maximum atomic E-state index is 11.2. The van der Waals surface area contributed by atoms with Gasteiger partial charge in [-0.15, -0.1) is 0 Å². The zero-order valence-corrected chi connectivity index (χ0v) is 17.8. The molecular formula is C16H30N4O7S2. The van der Waals surface area contributed by atoms with Crippen LogP contribution in [0.1, 0.15) is 38.5 Å². The Kier molecular flexibility index (Phi) is 13.7. The van der Waals surface area contributed by atoms with Crippen molar-refractivity contribution in [2.45, 2.75) is 50.6 Å². The molecule has 0 aromatic carbocycles. The number of carbonyl (C=O) groups is 4. The Morgan fingerprint density at radius 3 is 1.41 bits per heavy atom. The number of thiol groups is 2. The molecule has 0 spiro atoms. The van der Waals surface area contributed by atoms with Gasteiger partial charge < -0.3 is 15.7 Å². The minimum absolute atomic E-state index is 0. The van der Waals surface area contributed by atoms with Crippen molar-refractivity contribution in [2.24, 2.45) is 0 Å². The third kappa shape index (κ3) is 9.67. The average molecular weight is 455 g/mol. The van der Waals surface area contributed by atoms with Crippen LogP contribution in [0.25, 0.3) is 0 Å². The van der Waals surface area contributed by atoms with Crippen LogP contribution in [0.3, 0.4) is 0 Å². The molecule has 0 aromatic rings. The summed E-state index contributed by atoms with van der Waals surface area (Å²) in [6.45, 7) is 1.21. The average Bonchev–Trinajstić information content (AvgIpc) is 3.25. The van der Waals surface area contributed by atoms with E-state index in [1.807, 2.05) is 0 Å². The standard InChI is InChI=1S/2C8H14N2O3S.H2O/c2*11-7(3-5-14)9-10-4-1-2-6(10)8(12)13;/h2*6,14H,1-5H2,(H,9,11)(H,12,13);1H2/t2*6-;/m00./s1. The molecule has 2 heterocycles. The second kappa shape index (κ2) is 14.4. The number of amides is 2. The van der Waals surface area contributed by atoms with Crippen molar-refractivity contribution in [1.29, 1.82) is 0 Å². The lowest BCUT2D eigenvalue weighted by Gasteiger charge is -2.21. The molecular weight excluding hydrogens is 424 g/mol. The van der Waals surface area contributed by atoms with E-state index in [1.54, 1.807) is 0 Å². The molecule has 168 valence electrons. The van der Waals surface area contributed by atoms with Gasteiger partial charge in [-0.2, -0.15) is 25.3 Å². The largest absolute Gasteiger partial charge is 0.480 e. The summed E-state index contributed by atoms with van der Waals surface area (Å²) < 4.78 is 0. The molecule has 2 rings (SSSR count). The summed E-state index contributed by atoms with van der Waals surface area (Å²) in [6, 6.07) is -1.14. The molecule has 0 aliphatic carbocycles. The number of hydrogen-bond donors (Lipinski definition) is 6. The molecule has 13 heteroatoms. The minimum Gasteiger partial charge on any atom is -0.480 e. The Hall–Kier alpha value is -1.54. The van der Waals surface area contributed by atoms with Gasteiger partial charge in [0.05, 0.1) is 0 Å². The van der Waals surface area contributed by atoms with Gasteiger partial charge in [-0.05, 0) is 37.2 Å². The van der Waals surface area contributed by atoms with Gasteiger partial charge in [-0.25, -0.2) is 10.0 Å². The van der Waals surface area contributed by atoms with Gasteiger partial charge in [0.2, 0.25) is 11.8 Å². The fraction of sp³-hybridized carbons (Fsp3) is 0.750. The number of hydrazine groups is 2. The fourth-order valence-electron chi connectivity index (χ4n) is 2.95. The van der Waals surface area contributed by atoms with Gasteiger partial charge in [0, 0.05) is 25.9 Å². The topological polar surface area (TPSA) is 171 Å². The number of hydrogen-bond acceptors (Lipinski definition) is 8. The van der Waals surface area contributed by atoms with E-state index in [0.29, 0.717) is 50.3 Å². The summed E-state index contributed by atoms with van der Waals surface area (Å²) >= 11 is 7.85. The number of nitrogens with one attached hydrogen (secondary N) is 2. The Bertz CT molecular complexity index is 519. The van der Waals surface area contributed by atoms with Crippen LogP contribution in [-0.4, -0.2) is 86.1 Å². The lowest BCUT2D eigenvalue weighted by Crippen LogP contribution is -2.48. The van der Waals surface area contributed by atoms with E-state index in [4.69, 9.17) is 10.2 Å². The fourth-order valence-corrected chi connectivity index (χ4v) is 3.36. The van der Waals surface area contributed by atoms with Crippen molar-refractivity contribution < 1.29 is 34.9 Å². The van der Waals surface area contributed by atoms with Crippen LogP contribution in [0.4, 0.5) is 0 Å². The van der Waals surface area contributed by atoms with Crippen LogP contribution >= 0.6 is 25.3 Å². The number of nitrogens with zero attached hydrogens (tertiary/aromatic N) is 2. The van der Waals surface area contributed by atoms with Crippen molar-refractivity contribution in [3.8, 4) is 0 Å². The number of rotatable bonds is 8. The molecule has 2 aliphatic heterocycles. The minimum atomic E-state index is -0.881. The zero-order chi connectivity index (χ0) is 21.1. The van der Waals surface area contributed by atoms with Crippen LogP contribution in [0, 0.1) is 0 Å². The van der Waals surface area contributed by atoms with Gasteiger partial charge >= 0.3 is 11.9 Å². The van der Waals surface area contributed by atoms with Gasteiger partial charge in [0.1, 0.15) is 12.1 Å². The summed E-state index contributed by atoms with van der Waals surface area (Å²) in [5.41, 5.74) is 5.15. The predicted molar refractivity (Wildman–Crippen MR) is 112 cm³/mol. The molecule has 0 unspecified atom stereocenters. The summed E-state index contributed by atoms with van der Waals surface area (Å²) in [5, 5.41) is 20.6. The van der Waals surface area contributed by atoms with E-state index in [2.05, 4.69) is 36.1 Å². The maximum Gasteiger partial charge on any atom is 0.322 e. The smallest absolute Gasteiger partial charge is 0.322 e. The van der Waals surface area contributed by atoms with Gasteiger partial charge in [-0.1, -0.05) is 0 Å². The number of carboxylic acids is 2. The second-order valence-corrected chi connectivity index (χ2v) is 7.29. The summed E-state index contributed by atoms with van der Waals surface area (Å²) in [7, 11) is 0. The lowest BCUT2D eigenvalue weighted by molar-refractivity contribution is -0.146. The second-order valence-electron chi connectivity index (χ2n) is 6.40. The highest BCUT2D eigenvalue weighted by molar-refractivity contribution is 7.80. The first-order chi connectivity index (χ1) is 13.3. The third-order valence-corrected chi connectivity index (χ3v) is 4.74. The van der Waals surface area contributed by atoms with Gasteiger partial charge in [0.25, 0.3) is 0 Å². The highest BCUT2D eigenvalue weighted by Gasteiger charge is 2.32. The Labute approximate surface area is 180 Å². The molecule has 11 nitrogen and oxygen atoms in total. The summed E-state index contributed by atoms with van der Waals surface area (Å²) in [5.74, 6) is -1.17. The van der Waals surface area contributed by atoms with Crippen LogP contribution < -0.4 is 10.9 Å². The van der Waals surface area contributed by atoms with Crippen molar-refractivity contribution >= 4 is 49.0 Å². The van der Waals surface area contributed by atoms with E-state index in [0.717, 1.165) is 12.8 Å². The first-order valence-corrected chi connectivity index (χ1v) is 10.4. The molecule has 2 atom stereocenters. The Morgan fingerprint density at radius 1 is 0.793 bits per heavy atom. The predicted octanol–water partition coefficient (Wildman–Crippen LogP) is -1.05.